The van der Waals surface area contributed by atoms with Crippen molar-refractivity contribution in [3.63, 3.8) is 0 Å². The highest BCUT2D eigenvalue weighted by Crippen LogP contribution is 1.93. The summed E-state index contributed by atoms with van der Waals surface area (Å²) in [5.74, 6) is 2.74. The van der Waals surface area contributed by atoms with Crippen LogP contribution in [0.1, 0.15) is 12.7 Å². The van der Waals surface area contributed by atoms with Gasteiger partial charge >= 0.3 is 0 Å². The Morgan fingerprint density at radius 2 is 2.35 bits per heavy atom. The molecule has 0 radical (unpaired) electrons. The van der Waals surface area contributed by atoms with Crippen LogP contribution in [0.25, 0.3) is 0 Å². The van der Waals surface area contributed by atoms with Crippen molar-refractivity contribution in [2.24, 2.45) is 12.0 Å². The van der Waals surface area contributed by atoms with Gasteiger partial charge in [0.2, 0.25) is 0 Å². The first-order valence-electron chi connectivity index (χ1n) is 5.62. The van der Waals surface area contributed by atoms with Crippen molar-refractivity contribution >= 4 is 17.7 Å². The van der Waals surface area contributed by atoms with Crippen LogP contribution in [0.3, 0.4) is 0 Å². The SMILES string of the molecule is CCNC(=NCc1ncnn1C)NCCSC. The molecule has 1 rings (SSSR count). The highest BCUT2D eigenvalue weighted by Gasteiger charge is 2.00. The van der Waals surface area contributed by atoms with Gasteiger partial charge in [-0.15, -0.1) is 0 Å². The van der Waals surface area contributed by atoms with Crippen molar-refractivity contribution in [1.29, 1.82) is 0 Å². The number of hydrogen-bond donors (Lipinski definition) is 2. The summed E-state index contributed by atoms with van der Waals surface area (Å²) >= 11 is 1.81. The second-order valence-corrected chi connectivity index (χ2v) is 4.40. The molecule has 0 fully saturated rings. The van der Waals surface area contributed by atoms with Gasteiger partial charge in [-0.1, -0.05) is 0 Å². The number of aliphatic imine (C=N–C) groups is 1. The summed E-state index contributed by atoms with van der Waals surface area (Å²) in [5, 5.41) is 10.5. The van der Waals surface area contributed by atoms with Gasteiger partial charge in [-0.2, -0.15) is 16.9 Å². The van der Waals surface area contributed by atoms with Crippen LogP contribution < -0.4 is 10.6 Å². The number of hydrogen-bond acceptors (Lipinski definition) is 4. The Morgan fingerprint density at radius 1 is 1.53 bits per heavy atom. The van der Waals surface area contributed by atoms with E-state index in [4.69, 9.17) is 0 Å². The van der Waals surface area contributed by atoms with Gasteiger partial charge in [0.15, 0.2) is 5.96 Å². The van der Waals surface area contributed by atoms with Gasteiger partial charge in [0, 0.05) is 25.9 Å². The van der Waals surface area contributed by atoms with Crippen LogP contribution in [0, 0.1) is 0 Å². The predicted molar refractivity (Wildman–Crippen MR) is 72.2 cm³/mol. The van der Waals surface area contributed by atoms with Gasteiger partial charge in [-0.05, 0) is 13.2 Å². The van der Waals surface area contributed by atoms with Crippen molar-refractivity contribution in [1.82, 2.24) is 25.4 Å². The monoisotopic (exact) mass is 256 g/mol. The van der Waals surface area contributed by atoms with Gasteiger partial charge in [0.25, 0.3) is 0 Å². The van der Waals surface area contributed by atoms with Crippen LogP contribution in [-0.4, -0.2) is 45.8 Å². The molecule has 0 unspecified atom stereocenters. The summed E-state index contributed by atoms with van der Waals surface area (Å²) in [4.78, 5) is 8.58. The molecule has 0 atom stereocenters. The molecule has 0 aliphatic rings. The number of thioether (sulfide) groups is 1. The molecule has 0 aliphatic heterocycles. The molecule has 0 aliphatic carbocycles. The molecule has 0 saturated heterocycles. The first-order valence-corrected chi connectivity index (χ1v) is 7.01. The molecule has 1 aromatic rings. The Labute approximate surface area is 106 Å². The number of aryl methyl sites for hydroxylation is 1. The summed E-state index contributed by atoms with van der Waals surface area (Å²) in [5.41, 5.74) is 0. The minimum Gasteiger partial charge on any atom is -0.357 e. The second-order valence-electron chi connectivity index (χ2n) is 3.41. The Kier molecular flexibility index (Phi) is 6.46. The van der Waals surface area contributed by atoms with Crippen molar-refractivity contribution in [3.8, 4) is 0 Å². The molecule has 0 saturated carbocycles. The number of rotatable bonds is 6. The molecular weight excluding hydrogens is 236 g/mol. The van der Waals surface area contributed by atoms with E-state index >= 15 is 0 Å². The van der Waals surface area contributed by atoms with E-state index in [1.807, 2.05) is 25.7 Å². The van der Waals surface area contributed by atoms with E-state index in [0.29, 0.717) is 6.54 Å². The lowest BCUT2D eigenvalue weighted by atomic mass is 10.6. The summed E-state index contributed by atoms with van der Waals surface area (Å²) < 4.78 is 1.73. The number of nitrogens with zero attached hydrogens (tertiary/aromatic N) is 4. The van der Waals surface area contributed by atoms with Gasteiger partial charge in [-0.3, -0.25) is 4.68 Å². The first-order chi connectivity index (χ1) is 8.27. The average Bonchev–Trinajstić information content (AvgIpc) is 2.72. The molecule has 1 aromatic heterocycles. The number of nitrogens with one attached hydrogen (secondary N) is 2. The third-order valence-electron chi connectivity index (χ3n) is 2.13. The van der Waals surface area contributed by atoms with Crippen molar-refractivity contribution in [2.75, 3.05) is 25.1 Å². The van der Waals surface area contributed by atoms with E-state index in [-0.39, 0.29) is 0 Å². The Bertz CT molecular complexity index is 348. The molecular formula is C10H20N6S. The smallest absolute Gasteiger partial charge is 0.191 e. The normalized spacial score (nSPS) is 11.6. The van der Waals surface area contributed by atoms with Crippen LogP contribution in [0.15, 0.2) is 11.3 Å². The number of aromatic nitrogens is 3. The topological polar surface area (TPSA) is 67.1 Å². The zero-order valence-corrected chi connectivity index (χ0v) is 11.4. The van der Waals surface area contributed by atoms with Gasteiger partial charge in [0.1, 0.15) is 18.7 Å². The first kappa shape index (κ1) is 13.8. The zero-order chi connectivity index (χ0) is 12.5. The molecule has 0 aromatic carbocycles. The van der Waals surface area contributed by atoms with Crippen LogP contribution in [0.2, 0.25) is 0 Å². The molecule has 17 heavy (non-hydrogen) atoms. The third kappa shape index (κ3) is 5.08. The van der Waals surface area contributed by atoms with Crippen LogP contribution in [0.5, 0.6) is 0 Å². The van der Waals surface area contributed by atoms with Crippen LogP contribution in [0.4, 0.5) is 0 Å². The molecule has 6 nitrogen and oxygen atoms in total. The van der Waals surface area contributed by atoms with Crippen LogP contribution in [-0.2, 0) is 13.6 Å². The molecule has 0 bridgehead atoms. The molecule has 0 spiro atoms. The Balaban J connectivity index is 2.48. The lowest BCUT2D eigenvalue weighted by Crippen LogP contribution is -2.38. The highest BCUT2D eigenvalue weighted by molar-refractivity contribution is 7.98. The fraction of sp³-hybridized carbons (Fsp3) is 0.700. The fourth-order valence-corrected chi connectivity index (χ4v) is 1.53. The van der Waals surface area contributed by atoms with Crippen LogP contribution >= 0.6 is 11.8 Å². The van der Waals surface area contributed by atoms with E-state index in [1.165, 1.54) is 0 Å². The lowest BCUT2D eigenvalue weighted by Gasteiger charge is -2.10. The number of guanidine groups is 1. The lowest BCUT2D eigenvalue weighted by molar-refractivity contribution is 0.698. The quantitative estimate of drug-likeness (QED) is 0.433. The largest absolute Gasteiger partial charge is 0.357 e. The van der Waals surface area contributed by atoms with E-state index in [9.17, 15) is 0 Å². The maximum absolute atomic E-state index is 4.45. The predicted octanol–water partition coefficient (Wildman–Crippen LogP) is 0.233. The summed E-state index contributed by atoms with van der Waals surface area (Å²) in [6, 6.07) is 0. The van der Waals surface area contributed by atoms with Gasteiger partial charge < -0.3 is 10.6 Å². The molecule has 1 heterocycles. The minimum atomic E-state index is 0.533. The van der Waals surface area contributed by atoms with E-state index in [2.05, 4.69) is 32.0 Å². The van der Waals surface area contributed by atoms with E-state index in [0.717, 1.165) is 30.6 Å². The summed E-state index contributed by atoms with van der Waals surface area (Å²) in [7, 11) is 1.87. The molecule has 2 N–H and O–H groups in total. The zero-order valence-electron chi connectivity index (χ0n) is 10.6. The van der Waals surface area contributed by atoms with E-state index in [1.54, 1.807) is 11.0 Å². The Hall–Kier alpha value is -1.24. The highest BCUT2D eigenvalue weighted by atomic mass is 32.2. The minimum absolute atomic E-state index is 0.533. The van der Waals surface area contributed by atoms with Crippen molar-refractivity contribution in [2.45, 2.75) is 13.5 Å². The van der Waals surface area contributed by atoms with Gasteiger partial charge in [-0.25, -0.2) is 9.98 Å². The average molecular weight is 256 g/mol. The maximum atomic E-state index is 4.45. The fourth-order valence-electron chi connectivity index (χ4n) is 1.23. The summed E-state index contributed by atoms with van der Waals surface area (Å²) in [6.07, 6.45) is 3.63. The molecule has 96 valence electrons. The standard InChI is InChI=1S/C10H20N6S/c1-4-11-10(12-5-6-17-3)13-7-9-14-8-15-16(9)2/h8H,4-7H2,1-3H3,(H2,11,12,13). The van der Waals surface area contributed by atoms with Gasteiger partial charge in [0.05, 0.1) is 0 Å². The molecule has 7 heteroatoms. The third-order valence-corrected chi connectivity index (χ3v) is 2.74. The van der Waals surface area contributed by atoms with E-state index < -0.39 is 0 Å². The second kappa shape index (κ2) is 7.94. The Morgan fingerprint density at radius 3 is 2.94 bits per heavy atom. The maximum Gasteiger partial charge on any atom is 0.191 e. The molecule has 0 amide bonds. The van der Waals surface area contributed by atoms with Crippen molar-refractivity contribution < 1.29 is 0 Å². The van der Waals surface area contributed by atoms with Crippen molar-refractivity contribution in [3.05, 3.63) is 12.2 Å². The summed E-state index contributed by atoms with van der Waals surface area (Å²) in [6.45, 7) is 4.34.